The van der Waals surface area contributed by atoms with Gasteiger partial charge in [0.2, 0.25) is 0 Å². The molecule has 0 saturated carbocycles. The van der Waals surface area contributed by atoms with Gasteiger partial charge >= 0.3 is 5.97 Å². The molecule has 0 radical (unpaired) electrons. The molecule has 132 valence electrons. The normalized spacial score (nSPS) is 16.5. The van der Waals surface area contributed by atoms with Gasteiger partial charge in [0.05, 0.1) is 11.5 Å². The second kappa shape index (κ2) is 8.41. The molecule has 0 bridgehead atoms. The predicted molar refractivity (Wildman–Crippen MR) is 91.3 cm³/mol. The van der Waals surface area contributed by atoms with Crippen molar-refractivity contribution >= 4 is 23.3 Å². The Morgan fingerprint density at radius 2 is 2.12 bits per heavy atom. The average molecular weight is 356 g/mol. The van der Waals surface area contributed by atoms with Crippen LogP contribution in [0, 0.1) is 10.1 Å². The summed E-state index contributed by atoms with van der Waals surface area (Å²) in [6.45, 7) is 4.96. The van der Waals surface area contributed by atoms with Crippen LogP contribution in [0.5, 0.6) is 0 Å². The van der Waals surface area contributed by atoms with Crippen LogP contribution in [0.25, 0.3) is 0 Å². The minimum absolute atomic E-state index is 0.0444. The highest BCUT2D eigenvalue weighted by molar-refractivity contribution is 6.31. The monoisotopic (exact) mass is 355 g/mol. The SMILES string of the molecule is CCN(CC(=O)O)C1CCN(Cc2cc([N+](=O)[O-])ccc2Cl)CC1. The Kier molecular flexibility index (Phi) is 6.53. The van der Waals surface area contributed by atoms with Crippen molar-refractivity contribution in [2.45, 2.75) is 32.4 Å². The number of rotatable bonds is 7. The number of nitro groups is 1. The minimum Gasteiger partial charge on any atom is -0.480 e. The van der Waals surface area contributed by atoms with Crippen molar-refractivity contribution in [2.75, 3.05) is 26.2 Å². The molecule has 8 heteroatoms. The van der Waals surface area contributed by atoms with E-state index < -0.39 is 10.9 Å². The number of nitrogens with zero attached hydrogens (tertiary/aromatic N) is 3. The highest BCUT2D eigenvalue weighted by atomic mass is 35.5. The van der Waals surface area contributed by atoms with E-state index in [9.17, 15) is 14.9 Å². The van der Waals surface area contributed by atoms with Gasteiger partial charge in [0.1, 0.15) is 0 Å². The quantitative estimate of drug-likeness (QED) is 0.597. The molecule has 0 spiro atoms. The molecule has 2 rings (SSSR count). The summed E-state index contributed by atoms with van der Waals surface area (Å²) in [5.41, 5.74) is 0.796. The lowest BCUT2D eigenvalue weighted by atomic mass is 10.0. The van der Waals surface area contributed by atoms with E-state index >= 15 is 0 Å². The van der Waals surface area contributed by atoms with E-state index in [4.69, 9.17) is 16.7 Å². The molecule has 1 fully saturated rings. The zero-order valence-corrected chi connectivity index (χ0v) is 14.4. The van der Waals surface area contributed by atoms with E-state index in [0.29, 0.717) is 18.1 Å². The molecule has 7 nitrogen and oxygen atoms in total. The van der Waals surface area contributed by atoms with Gasteiger partial charge < -0.3 is 5.11 Å². The Balaban J connectivity index is 1.94. The standard InChI is InChI=1S/C16H22ClN3O4/c1-2-19(11-16(21)22)13-5-7-18(8-6-13)10-12-9-14(20(23)24)3-4-15(12)17/h3-4,9,13H,2,5-8,10-11H2,1H3,(H,21,22). The van der Waals surface area contributed by atoms with Crippen molar-refractivity contribution in [3.8, 4) is 0 Å². The number of hydrogen-bond donors (Lipinski definition) is 1. The molecule has 0 atom stereocenters. The van der Waals surface area contributed by atoms with Crippen LogP contribution in [0.3, 0.4) is 0 Å². The summed E-state index contributed by atoms with van der Waals surface area (Å²) in [6, 6.07) is 4.76. The lowest BCUT2D eigenvalue weighted by Crippen LogP contribution is -2.46. The molecular formula is C16H22ClN3O4. The maximum Gasteiger partial charge on any atom is 0.317 e. The number of carboxylic acids is 1. The van der Waals surface area contributed by atoms with Gasteiger partial charge in [0.25, 0.3) is 5.69 Å². The van der Waals surface area contributed by atoms with Gasteiger partial charge in [-0.15, -0.1) is 0 Å². The molecule has 1 N–H and O–H groups in total. The van der Waals surface area contributed by atoms with Crippen LogP contribution in [0.4, 0.5) is 5.69 Å². The van der Waals surface area contributed by atoms with Crippen molar-refractivity contribution < 1.29 is 14.8 Å². The maximum absolute atomic E-state index is 10.9. The van der Waals surface area contributed by atoms with Crippen molar-refractivity contribution in [1.29, 1.82) is 0 Å². The van der Waals surface area contributed by atoms with Gasteiger partial charge in [-0.1, -0.05) is 18.5 Å². The number of carbonyl (C=O) groups is 1. The Labute approximate surface area is 146 Å². The first-order valence-electron chi connectivity index (χ1n) is 8.01. The predicted octanol–water partition coefficient (Wildman–Crippen LogP) is 2.62. The molecule has 0 unspecified atom stereocenters. The molecule has 24 heavy (non-hydrogen) atoms. The molecule has 1 aliphatic heterocycles. The van der Waals surface area contributed by atoms with Crippen molar-refractivity contribution in [2.24, 2.45) is 0 Å². The van der Waals surface area contributed by atoms with Gasteiger partial charge in [-0.3, -0.25) is 24.7 Å². The number of likely N-dealkylation sites (N-methyl/N-ethyl adjacent to an activating group) is 1. The summed E-state index contributed by atoms with van der Waals surface area (Å²) >= 11 is 6.16. The van der Waals surface area contributed by atoms with Crippen LogP contribution in [-0.4, -0.2) is 58.0 Å². The van der Waals surface area contributed by atoms with Crippen LogP contribution in [-0.2, 0) is 11.3 Å². The van der Waals surface area contributed by atoms with Gasteiger partial charge in [-0.25, -0.2) is 0 Å². The van der Waals surface area contributed by atoms with Crippen molar-refractivity contribution in [3.05, 3.63) is 38.9 Å². The van der Waals surface area contributed by atoms with E-state index in [1.54, 1.807) is 6.07 Å². The topological polar surface area (TPSA) is 86.9 Å². The first kappa shape index (κ1) is 18.6. The zero-order chi connectivity index (χ0) is 17.7. The number of hydrogen-bond acceptors (Lipinski definition) is 5. The number of aliphatic carboxylic acids is 1. The number of non-ortho nitro benzene ring substituents is 1. The second-order valence-corrected chi connectivity index (χ2v) is 6.40. The molecule has 0 aliphatic carbocycles. The van der Waals surface area contributed by atoms with Gasteiger partial charge in [0, 0.05) is 29.7 Å². The van der Waals surface area contributed by atoms with Gasteiger partial charge in [-0.2, -0.15) is 0 Å². The van der Waals surface area contributed by atoms with E-state index in [1.807, 2.05) is 11.8 Å². The molecule has 1 aromatic rings. The molecule has 1 heterocycles. The Morgan fingerprint density at radius 1 is 1.46 bits per heavy atom. The highest BCUT2D eigenvalue weighted by Gasteiger charge is 2.25. The van der Waals surface area contributed by atoms with E-state index in [2.05, 4.69) is 4.90 Å². The zero-order valence-electron chi connectivity index (χ0n) is 13.7. The van der Waals surface area contributed by atoms with Crippen LogP contribution in [0.1, 0.15) is 25.3 Å². The molecular weight excluding hydrogens is 334 g/mol. The summed E-state index contributed by atoms with van der Waals surface area (Å²) in [6.07, 6.45) is 1.77. The van der Waals surface area contributed by atoms with Gasteiger partial charge in [0.15, 0.2) is 0 Å². The third-order valence-corrected chi connectivity index (χ3v) is 4.82. The van der Waals surface area contributed by atoms with E-state index in [0.717, 1.165) is 31.5 Å². The number of piperidine rings is 1. The fraction of sp³-hybridized carbons (Fsp3) is 0.562. The smallest absolute Gasteiger partial charge is 0.317 e. The van der Waals surface area contributed by atoms with Crippen molar-refractivity contribution in [3.63, 3.8) is 0 Å². The van der Waals surface area contributed by atoms with Crippen LogP contribution >= 0.6 is 11.6 Å². The largest absolute Gasteiger partial charge is 0.480 e. The summed E-state index contributed by atoms with van der Waals surface area (Å²) in [4.78, 5) is 25.6. The van der Waals surface area contributed by atoms with Crippen LogP contribution in [0.15, 0.2) is 18.2 Å². The number of nitro benzene ring substituents is 1. The summed E-state index contributed by atoms with van der Waals surface area (Å²) in [5, 5.41) is 20.4. The minimum atomic E-state index is -0.803. The number of halogens is 1. The van der Waals surface area contributed by atoms with Crippen LogP contribution < -0.4 is 0 Å². The Morgan fingerprint density at radius 3 is 2.67 bits per heavy atom. The Bertz CT molecular complexity index is 603. The first-order valence-corrected chi connectivity index (χ1v) is 8.39. The molecule has 1 saturated heterocycles. The van der Waals surface area contributed by atoms with E-state index in [1.165, 1.54) is 12.1 Å². The van der Waals surface area contributed by atoms with Crippen molar-refractivity contribution in [1.82, 2.24) is 9.80 Å². The molecule has 0 aromatic heterocycles. The fourth-order valence-corrected chi connectivity index (χ4v) is 3.33. The lowest BCUT2D eigenvalue weighted by molar-refractivity contribution is -0.384. The number of carboxylic acid groups (broad SMARTS) is 1. The average Bonchev–Trinajstić information content (AvgIpc) is 2.55. The Hall–Kier alpha value is -1.70. The molecule has 1 aromatic carbocycles. The summed E-state index contributed by atoms with van der Waals surface area (Å²) in [5.74, 6) is -0.803. The number of benzene rings is 1. The summed E-state index contributed by atoms with van der Waals surface area (Å²) in [7, 11) is 0. The first-order chi connectivity index (χ1) is 11.4. The second-order valence-electron chi connectivity index (χ2n) is 6.00. The third-order valence-electron chi connectivity index (χ3n) is 4.45. The maximum atomic E-state index is 10.9. The molecule has 0 amide bonds. The fourth-order valence-electron chi connectivity index (χ4n) is 3.15. The third kappa shape index (κ3) is 4.90. The van der Waals surface area contributed by atoms with Gasteiger partial charge in [-0.05, 0) is 44.1 Å². The number of likely N-dealkylation sites (tertiary alicyclic amines) is 1. The van der Waals surface area contributed by atoms with Crippen LogP contribution in [0.2, 0.25) is 5.02 Å². The van der Waals surface area contributed by atoms with E-state index in [-0.39, 0.29) is 18.3 Å². The summed E-state index contributed by atoms with van der Waals surface area (Å²) < 4.78 is 0. The lowest BCUT2D eigenvalue weighted by Gasteiger charge is -2.37. The molecule has 1 aliphatic rings. The highest BCUT2D eigenvalue weighted by Crippen LogP contribution is 2.25.